The summed E-state index contributed by atoms with van der Waals surface area (Å²) in [5.41, 5.74) is 0.101. The third kappa shape index (κ3) is 2.70. The molecule has 1 saturated heterocycles. The number of ether oxygens (including phenoxy) is 1. The zero-order valence-electron chi connectivity index (χ0n) is 9.71. The molecule has 0 aliphatic carbocycles. The van der Waals surface area contributed by atoms with Crippen LogP contribution in [0.5, 0.6) is 0 Å². The first-order valence-electron chi connectivity index (χ1n) is 5.90. The van der Waals surface area contributed by atoms with E-state index < -0.39 is 5.60 Å². The van der Waals surface area contributed by atoms with E-state index in [0.29, 0.717) is 26.1 Å². The third-order valence-electron chi connectivity index (χ3n) is 3.47. The summed E-state index contributed by atoms with van der Waals surface area (Å²) in [5, 5.41) is 13.6. The number of hydrogen-bond acceptors (Lipinski definition) is 4. The average Bonchev–Trinajstić information content (AvgIpc) is 2.38. The molecule has 0 radical (unpaired) electrons. The van der Waals surface area contributed by atoms with Crippen LogP contribution in [0.25, 0.3) is 0 Å². The Bertz CT molecular complexity index is 360. The molecule has 0 spiro atoms. The van der Waals surface area contributed by atoms with Crippen LogP contribution in [-0.4, -0.2) is 30.5 Å². The Balaban J connectivity index is 2.24. The van der Waals surface area contributed by atoms with Crippen LogP contribution in [0, 0.1) is 4.91 Å². The number of hydrogen-bond donors (Lipinski definition) is 1. The highest BCUT2D eigenvalue weighted by atomic mass is 16.5. The molecular weight excluding hydrogens is 218 g/mol. The minimum absolute atomic E-state index is 0.112. The van der Waals surface area contributed by atoms with E-state index in [-0.39, 0.29) is 12.5 Å². The van der Waals surface area contributed by atoms with Crippen molar-refractivity contribution in [3.05, 3.63) is 40.8 Å². The van der Waals surface area contributed by atoms with Crippen molar-refractivity contribution < 1.29 is 9.84 Å². The Morgan fingerprint density at radius 1 is 1.29 bits per heavy atom. The number of nitroso groups, excluding NO2 is 1. The van der Waals surface area contributed by atoms with Crippen molar-refractivity contribution in [1.29, 1.82) is 0 Å². The van der Waals surface area contributed by atoms with Crippen LogP contribution in [0.3, 0.4) is 0 Å². The van der Waals surface area contributed by atoms with Gasteiger partial charge in [0.2, 0.25) is 0 Å². The lowest BCUT2D eigenvalue weighted by atomic mass is 9.77. The lowest BCUT2D eigenvalue weighted by molar-refractivity contribution is -0.0783. The van der Waals surface area contributed by atoms with Gasteiger partial charge >= 0.3 is 0 Å². The van der Waals surface area contributed by atoms with Gasteiger partial charge < -0.3 is 9.84 Å². The molecule has 1 aliphatic heterocycles. The van der Waals surface area contributed by atoms with Gasteiger partial charge in [0.1, 0.15) is 0 Å². The number of rotatable bonds is 4. The molecule has 1 aromatic carbocycles. The molecular formula is C13H17NO3. The quantitative estimate of drug-likeness (QED) is 0.813. The maximum atomic E-state index is 10.6. The molecule has 4 heteroatoms. The SMILES string of the molecule is O=NCC(c1ccccc1)C1(O)CCOCC1. The van der Waals surface area contributed by atoms with Crippen LogP contribution in [0.2, 0.25) is 0 Å². The lowest BCUT2D eigenvalue weighted by Gasteiger charge is -2.38. The Kier molecular flexibility index (Phi) is 3.86. The molecule has 1 atom stereocenters. The van der Waals surface area contributed by atoms with E-state index in [0.717, 1.165) is 5.56 Å². The molecule has 1 fully saturated rings. The topological polar surface area (TPSA) is 58.9 Å². The second-order valence-corrected chi connectivity index (χ2v) is 4.49. The number of benzene rings is 1. The Morgan fingerprint density at radius 2 is 1.94 bits per heavy atom. The molecule has 0 saturated carbocycles. The van der Waals surface area contributed by atoms with E-state index in [1.807, 2.05) is 30.3 Å². The molecule has 1 unspecified atom stereocenters. The van der Waals surface area contributed by atoms with E-state index in [1.165, 1.54) is 0 Å². The fraction of sp³-hybridized carbons (Fsp3) is 0.538. The van der Waals surface area contributed by atoms with Gasteiger partial charge in [0, 0.05) is 32.0 Å². The third-order valence-corrected chi connectivity index (χ3v) is 3.47. The Hall–Kier alpha value is -1.26. The van der Waals surface area contributed by atoms with Gasteiger partial charge in [-0.25, -0.2) is 0 Å². The van der Waals surface area contributed by atoms with E-state index >= 15 is 0 Å². The van der Waals surface area contributed by atoms with Crippen molar-refractivity contribution in [3.63, 3.8) is 0 Å². The van der Waals surface area contributed by atoms with E-state index in [9.17, 15) is 10.0 Å². The predicted octanol–water partition coefficient (Wildman–Crippen LogP) is 2.08. The molecule has 0 bridgehead atoms. The van der Waals surface area contributed by atoms with Gasteiger partial charge in [-0.3, -0.25) is 0 Å². The summed E-state index contributed by atoms with van der Waals surface area (Å²) in [4.78, 5) is 10.6. The molecule has 4 nitrogen and oxygen atoms in total. The van der Waals surface area contributed by atoms with E-state index in [4.69, 9.17) is 4.74 Å². The van der Waals surface area contributed by atoms with Crippen LogP contribution in [0.1, 0.15) is 24.3 Å². The van der Waals surface area contributed by atoms with Gasteiger partial charge in [0.25, 0.3) is 0 Å². The van der Waals surface area contributed by atoms with Gasteiger partial charge in [-0.1, -0.05) is 35.5 Å². The maximum absolute atomic E-state index is 10.6. The van der Waals surface area contributed by atoms with E-state index in [2.05, 4.69) is 5.18 Å². The molecule has 1 heterocycles. The fourth-order valence-corrected chi connectivity index (χ4v) is 2.42. The van der Waals surface area contributed by atoms with Crippen LogP contribution in [0.15, 0.2) is 35.5 Å². The monoisotopic (exact) mass is 235 g/mol. The molecule has 1 N–H and O–H groups in total. The summed E-state index contributed by atoms with van der Waals surface area (Å²) in [5.74, 6) is -0.231. The summed E-state index contributed by atoms with van der Waals surface area (Å²) in [6, 6.07) is 9.61. The van der Waals surface area contributed by atoms with Crippen LogP contribution >= 0.6 is 0 Å². The predicted molar refractivity (Wildman–Crippen MR) is 64.8 cm³/mol. The molecule has 2 rings (SSSR count). The number of aliphatic hydroxyl groups is 1. The average molecular weight is 235 g/mol. The van der Waals surface area contributed by atoms with Crippen molar-refractivity contribution in [3.8, 4) is 0 Å². The summed E-state index contributed by atoms with van der Waals surface area (Å²) in [7, 11) is 0. The second-order valence-electron chi connectivity index (χ2n) is 4.49. The first kappa shape index (κ1) is 12.2. The molecule has 0 amide bonds. The minimum atomic E-state index is -0.868. The zero-order valence-corrected chi connectivity index (χ0v) is 9.71. The highest BCUT2D eigenvalue weighted by Crippen LogP contribution is 2.36. The van der Waals surface area contributed by atoms with Crippen molar-refractivity contribution >= 4 is 0 Å². The second kappa shape index (κ2) is 5.38. The highest BCUT2D eigenvalue weighted by Gasteiger charge is 2.39. The first-order valence-corrected chi connectivity index (χ1v) is 5.90. The van der Waals surface area contributed by atoms with Gasteiger partial charge in [-0.15, -0.1) is 0 Å². The minimum Gasteiger partial charge on any atom is -0.389 e. The largest absolute Gasteiger partial charge is 0.389 e. The highest BCUT2D eigenvalue weighted by molar-refractivity contribution is 5.24. The standard InChI is InChI=1S/C13H17NO3/c15-13(6-8-17-9-7-13)12(10-14-16)11-4-2-1-3-5-11/h1-5,12,15H,6-10H2. The molecule has 0 aromatic heterocycles. The smallest absolute Gasteiger partial charge is 0.0907 e. The fourth-order valence-electron chi connectivity index (χ4n) is 2.42. The lowest BCUT2D eigenvalue weighted by Crippen LogP contribution is -2.43. The summed E-state index contributed by atoms with van der Waals surface area (Å²) < 4.78 is 5.26. The normalized spacial score (nSPS) is 20.8. The summed E-state index contributed by atoms with van der Waals surface area (Å²) in [6.07, 6.45) is 1.12. The molecule has 1 aromatic rings. The van der Waals surface area contributed by atoms with E-state index in [1.54, 1.807) is 0 Å². The van der Waals surface area contributed by atoms with Crippen LogP contribution in [0.4, 0.5) is 0 Å². The maximum Gasteiger partial charge on any atom is 0.0907 e. The van der Waals surface area contributed by atoms with Crippen LogP contribution < -0.4 is 0 Å². The van der Waals surface area contributed by atoms with Crippen molar-refractivity contribution in [2.75, 3.05) is 19.8 Å². The zero-order chi connectivity index (χ0) is 12.1. The number of nitrogens with zero attached hydrogens (tertiary/aromatic N) is 1. The Morgan fingerprint density at radius 3 is 2.53 bits per heavy atom. The Labute approximate surface area is 101 Å². The van der Waals surface area contributed by atoms with Gasteiger partial charge in [-0.2, -0.15) is 4.91 Å². The van der Waals surface area contributed by atoms with Crippen molar-refractivity contribution in [2.45, 2.75) is 24.4 Å². The molecule has 17 heavy (non-hydrogen) atoms. The molecule has 92 valence electrons. The van der Waals surface area contributed by atoms with Gasteiger partial charge in [0.05, 0.1) is 12.1 Å². The van der Waals surface area contributed by atoms with Crippen molar-refractivity contribution in [2.24, 2.45) is 5.18 Å². The first-order chi connectivity index (χ1) is 8.26. The van der Waals surface area contributed by atoms with Gasteiger partial charge in [0.15, 0.2) is 0 Å². The van der Waals surface area contributed by atoms with Crippen LogP contribution in [-0.2, 0) is 4.74 Å². The van der Waals surface area contributed by atoms with Gasteiger partial charge in [-0.05, 0) is 5.56 Å². The summed E-state index contributed by atoms with van der Waals surface area (Å²) in [6.45, 7) is 1.19. The summed E-state index contributed by atoms with van der Waals surface area (Å²) >= 11 is 0. The van der Waals surface area contributed by atoms with Crippen molar-refractivity contribution in [1.82, 2.24) is 0 Å². The molecule has 1 aliphatic rings.